The van der Waals surface area contributed by atoms with E-state index in [2.05, 4.69) is 43.1 Å². The van der Waals surface area contributed by atoms with E-state index >= 15 is 0 Å². The van der Waals surface area contributed by atoms with Gasteiger partial charge < -0.3 is 4.90 Å². The normalized spacial score (nSPS) is 22.0. The molecule has 1 saturated carbocycles. The van der Waals surface area contributed by atoms with Crippen LogP contribution >= 0.6 is 28.7 Å². The van der Waals surface area contributed by atoms with Crippen LogP contribution in [0.5, 0.6) is 0 Å². The van der Waals surface area contributed by atoms with Crippen LogP contribution in [0, 0.1) is 0 Å². The molecule has 0 aromatic heterocycles. The number of thioether (sulfide) groups is 1. The van der Waals surface area contributed by atoms with Crippen molar-refractivity contribution in [3.8, 4) is 0 Å². The molecule has 1 aliphatic heterocycles. The quantitative estimate of drug-likeness (QED) is 0.383. The summed E-state index contributed by atoms with van der Waals surface area (Å²) >= 11 is 1.79. The van der Waals surface area contributed by atoms with Crippen LogP contribution in [0.2, 0.25) is 0 Å². The van der Waals surface area contributed by atoms with Crippen LogP contribution in [-0.2, 0) is 11.2 Å². The Balaban J connectivity index is 0.00000280. The number of rotatable bonds is 7. The number of benzene rings is 1. The minimum Gasteiger partial charge on any atom is -0.333 e. The first-order chi connectivity index (χ1) is 13.2. The Morgan fingerprint density at radius 3 is 2.46 bits per heavy atom. The molecule has 28 heavy (non-hydrogen) atoms. The van der Waals surface area contributed by atoms with E-state index in [1.165, 1.54) is 56.9 Å². The van der Waals surface area contributed by atoms with Crippen LogP contribution in [-0.4, -0.2) is 41.5 Å². The number of carbonyl (C=O) groups is 1. The van der Waals surface area contributed by atoms with Gasteiger partial charge in [-0.2, -0.15) is 0 Å². The Morgan fingerprint density at radius 2 is 1.86 bits per heavy atom. The Kier molecular flexibility index (Phi) is 9.86. The summed E-state index contributed by atoms with van der Waals surface area (Å²) in [6.45, 7) is 2.21. The molecule has 0 N–H and O–H groups in total. The molecule has 6 heteroatoms. The Hall–Kier alpha value is -1.01. The molecule has 3 rings (SSSR count). The summed E-state index contributed by atoms with van der Waals surface area (Å²) in [4.78, 5) is 21.0. The fraction of sp³-hybridized carbons (Fsp3) is 0.636. The lowest BCUT2D eigenvalue weighted by molar-refractivity contribution is -0.108. The highest BCUT2D eigenvalue weighted by molar-refractivity contribution is 8.93. The Bertz CT molecular complexity index is 629. The molecule has 1 aromatic rings. The van der Waals surface area contributed by atoms with Crippen molar-refractivity contribution < 1.29 is 4.79 Å². The summed E-state index contributed by atoms with van der Waals surface area (Å²) in [7, 11) is 2.08. The third kappa shape index (κ3) is 5.99. The van der Waals surface area contributed by atoms with E-state index in [0.29, 0.717) is 6.04 Å². The number of hydrogen-bond acceptors (Lipinski definition) is 3. The first-order valence-corrected chi connectivity index (χ1v) is 11.5. The van der Waals surface area contributed by atoms with Gasteiger partial charge in [0, 0.05) is 18.5 Å². The molecule has 156 valence electrons. The molecule has 0 bridgehead atoms. The number of halogens is 1. The van der Waals surface area contributed by atoms with Crippen LogP contribution in [0.15, 0.2) is 29.3 Å². The van der Waals surface area contributed by atoms with E-state index in [1.807, 2.05) is 4.90 Å². The molecule has 2 fully saturated rings. The van der Waals surface area contributed by atoms with Gasteiger partial charge in [0.1, 0.15) is 6.17 Å². The van der Waals surface area contributed by atoms with Crippen LogP contribution in [0.4, 0.5) is 5.69 Å². The van der Waals surface area contributed by atoms with Gasteiger partial charge in [0.15, 0.2) is 5.17 Å². The van der Waals surface area contributed by atoms with Crippen molar-refractivity contribution in [2.45, 2.75) is 76.9 Å². The molecule has 1 amide bonds. The number of amides is 1. The zero-order valence-corrected chi connectivity index (χ0v) is 19.7. The van der Waals surface area contributed by atoms with Crippen molar-refractivity contribution in [1.82, 2.24) is 4.90 Å². The summed E-state index contributed by atoms with van der Waals surface area (Å²) in [5, 5.41) is 1.10. The van der Waals surface area contributed by atoms with Gasteiger partial charge in [-0.25, -0.2) is 0 Å². The summed E-state index contributed by atoms with van der Waals surface area (Å²) in [5.41, 5.74) is 2.31. The molecule has 4 nitrogen and oxygen atoms in total. The van der Waals surface area contributed by atoms with Gasteiger partial charge in [-0.1, -0.05) is 62.9 Å². The van der Waals surface area contributed by atoms with E-state index in [4.69, 9.17) is 4.99 Å². The molecule has 0 spiro atoms. The van der Waals surface area contributed by atoms with Crippen molar-refractivity contribution in [1.29, 1.82) is 0 Å². The zero-order valence-electron chi connectivity index (χ0n) is 17.2. The smallest absolute Gasteiger partial charge is 0.215 e. The Morgan fingerprint density at radius 1 is 1.18 bits per heavy atom. The topological polar surface area (TPSA) is 35.9 Å². The zero-order chi connectivity index (χ0) is 19.1. The number of unbranched alkanes of at least 4 members (excludes halogenated alkanes) is 1. The standard InChI is InChI=1S/C22H33N3OS.BrH/c1-3-4-9-18-12-14-20(15-13-18)25(17-26)21-16-27-22(24(21)2)23-19-10-7-5-6-8-11-19;/h12-15,17,19,21H,3-11,16H2,1-2H3;1H. The largest absolute Gasteiger partial charge is 0.333 e. The fourth-order valence-corrected chi connectivity index (χ4v) is 5.18. The summed E-state index contributed by atoms with van der Waals surface area (Å²) in [6, 6.07) is 8.93. The van der Waals surface area contributed by atoms with Gasteiger partial charge in [0.2, 0.25) is 6.41 Å². The van der Waals surface area contributed by atoms with Gasteiger partial charge >= 0.3 is 0 Å². The van der Waals surface area contributed by atoms with E-state index in [1.54, 1.807) is 11.8 Å². The molecule has 1 heterocycles. The maximum Gasteiger partial charge on any atom is 0.215 e. The van der Waals surface area contributed by atoms with Crippen molar-refractivity contribution in [3.63, 3.8) is 0 Å². The Labute approximate surface area is 184 Å². The fourth-order valence-electron chi connectivity index (χ4n) is 3.95. The van der Waals surface area contributed by atoms with Crippen molar-refractivity contribution >= 4 is 46.0 Å². The second-order valence-corrected chi connectivity index (χ2v) is 8.73. The molecule has 1 unspecified atom stereocenters. The van der Waals surface area contributed by atoms with E-state index in [0.717, 1.165) is 29.4 Å². The SMILES string of the molecule is Br.CCCCc1ccc(N(C=O)C2CSC(=NC3CCCCCC3)N2C)cc1. The summed E-state index contributed by atoms with van der Waals surface area (Å²) in [5.74, 6) is 0.873. The van der Waals surface area contributed by atoms with Gasteiger partial charge in [0.25, 0.3) is 0 Å². The molecule has 1 aliphatic carbocycles. The minimum absolute atomic E-state index is 0. The molecular formula is C22H34BrN3OS. The van der Waals surface area contributed by atoms with Gasteiger partial charge in [0.05, 0.1) is 6.04 Å². The minimum atomic E-state index is 0. The molecular weight excluding hydrogens is 434 g/mol. The van der Waals surface area contributed by atoms with Crippen LogP contribution in [0.3, 0.4) is 0 Å². The van der Waals surface area contributed by atoms with Gasteiger partial charge in [-0.05, 0) is 43.4 Å². The number of nitrogens with zero attached hydrogens (tertiary/aromatic N) is 3. The predicted molar refractivity (Wildman–Crippen MR) is 127 cm³/mol. The van der Waals surface area contributed by atoms with Crippen LogP contribution < -0.4 is 4.90 Å². The lowest BCUT2D eigenvalue weighted by Crippen LogP contribution is -2.45. The van der Waals surface area contributed by atoms with Gasteiger partial charge in [-0.15, -0.1) is 17.0 Å². The predicted octanol–water partition coefficient (Wildman–Crippen LogP) is 5.65. The molecule has 1 aromatic carbocycles. The molecule has 1 saturated heterocycles. The monoisotopic (exact) mass is 467 g/mol. The van der Waals surface area contributed by atoms with E-state index < -0.39 is 0 Å². The number of hydrogen-bond donors (Lipinski definition) is 0. The number of amidine groups is 1. The highest BCUT2D eigenvalue weighted by Crippen LogP contribution is 2.30. The highest BCUT2D eigenvalue weighted by Gasteiger charge is 2.32. The summed E-state index contributed by atoms with van der Waals surface area (Å²) in [6.07, 6.45) is 12.2. The first kappa shape index (κ1) is 23.3. The summed E-state index contributed by atoms with van der Waals surface area (Å²) < 4.78 is 0. The third-order valence-electron chi connectivity index (χ3n) is 5.72. The van der Waals surface area contributed by atoms with Crippen LogP contribution in [0.25, 0.3) is 0 Å². The molecule has 2 aliphatic rings. The lowest BCUT2D eigenvalue weighted by atomic mass is 10.1. The number of aliphatic imine (C=N–C) groups is 1. The van der Waals surface area contributed by atoms with Crippen molar-refractivity contribution in [2.75, 3.05) is 17.7 Å². The number of aryl methyl sites for hydroxylation is 1. The van der Waals surface area contributed by atoms with E-state index in [-0.39, 0.29) is 23.1 Å². The first-order valence-electron chi connectivity index (χ1n) is 10.5. The van der Waals surface area contributed by atoms with Gasteiger partial charge in [-0.3, -0.25) is 14.7 Å². The average molecular weight is 469 g/mol. The third-order valence-corrected chi connectivity index (χ3v) is 6.83. The highest BCUT2D eigenvalue weighted by atomic mass is 79.9. The maximum absolute atomic E-state index is 11.9. The van der Waals surface area contributed by atoms with Crippen LogP contribution in [0.1, 0.15) is 63.9 Å². The maximum atomic E-state index is 11.9. The van der Waals surface area contributed by atoms with Crippen molar-refractivity contribution in [2.24, 2.45) is 4.99 Å². The number of anilines is 1. The molecule has 0 radical (unpaired) electrons. The average Bonchev–Trinajstić information content (AvgIpc) is 2.88. The molecule has 1 atom stereocenters. The second-order valence-electron chi connectivity index (χ2n) is 7.74. The second kappa shape index (κ2) is 11.9. The lowest BCUT2D eigenvalue weighted by Gasteiger charge is -2.30. The number of carbonyl (C=O) groups excluding carboxylic acids is 1. The van der Waals surface area contributed by atoms with Crippen molar-refractivity contribution in [3.05, 3.63) is 29.8 Å². The van der Waals surface area contributed by atoms with E-state index in [9.17, 15) is 4.79 Å².